The van der Waals surface area contributed by atoms with Gasteiger partial charge in [0.15, 0.2) is 0 Å². The summed E-state index contributed by atoms with van der Waals surface area (Å²) >= 11 is 0. The number of benzene rings is 1. The van der Waals surface area contributed by atoms with Gasteiger partial charge in [0.05, 0.1) is 17.0 Å². The number of hydrogen-bond donors (Lipinski definition) is 1. The SMILES string of the molecule is CCCCCCCCN1C(=O)C(CCO)Cn2c1nc1ccccc12. The highest BCUT2D eigenvalue weighted by Gasteiger charge is 2.34. The fourth-order valence-corrected chi connectivity index (χ4v) is 3.70. The monoisotopic (exact) mass is 343 g/mol. The second-order valence-corrected chi connectivity index (χ2v) is 6.98. The first kappa shape index (κ1) is 17.9. The van der Waals surface area contributed by atoms with Crippen LogP contribution in [0.3, 0.4) is 0 Å². The quantitative estimate of drug-likeness (QED) is 0.706. The van der Waals surface area contributed by atoms with Crippen LogP contribution in [-0.4, -0.2) is 33.7 Å². The molecule has 0 radical (unpaired) electrons. The Morgan fingerprint density at radius 2 is 1.92 bits per heavy atom. The molecule has 0 aliphatic carbocycles. The second kappa shape index (κ2) is 8.48. The highest BCUT2D eigenvalue weighted by molar-refractivity contribution is 5.97. The Balaban J connectivity index is 1.77. The lowest BCUT2D eigenvalue weighted by molar-refractivity contribution is -0.124. The zero-order valence-electron chi connectivity index (χ0n) is 15.2. The van der Waals surface area contributed by atoms with Gasteiger partial charge in [0.1, 0.15) is 0 Å². The van der Waals surface area contributed by atoms with E-state index < -0.39 is 0 Å². The van der Waals surface area contributed by atoms with Crippen LogP contribution in [0.4, 0.5) is 5.95 Å². The summed E-state index contributed by atoms with van der Waals surface area (Å²) in [6, 6.07) is 8.04. The van der Waals surface area contributed by atoms with Crippen molar-refractivity contribution >= 4 is 22.9 Å². The molecule has 5 nitrogen and oxygen atoms in total. The van der Waals surface area contributed by atoms with Crippen LogP contribution in [0, 0.1) is 5.92 Å². The summed E-state index contributed by atoms with van der Waals surface area (Å²) in [4.78, 5) is 19.4. The third-order valence-corrected chi connectivity index (χ3v) is 5.11. The van der Waals surface area contributed by atoms with Crippen LogP contribution in [0.1, 0.15) is 51.9 Å². The normalized spacial score (nSPS) is 17.3. The molecule has 1 aromatic carbocycles. The van der Waals surface area contributed by atoms with Crippen LogP contribution < -0.4 is 4.90 Å². The van der Waals surface area contributed by atoms with Crippen LogP contribution in [0.25, 0.3) is 11.0 Å². The van der Waals surface area contributed by atoms with Gasteiger partial charge in [-0.2, -0.15) is 0 Å². The molecule has 1 N–H and O–H groups in total. The number of hydrogen-bond acceptors (Lipinski definition) is 3. The molecule has 25 heavy (non-hydrogen) atoms. The first-order chi connectivity index (χ1) is 12.3. The zero-order chi connectivity index (χ0) is 17.6. The summed E-state index contributed by atoms with van der Waals surface area (Å²) in [5.74, 6) is 0.731. The summed E-state index contributed by atoms with van der Waals surface area (Å²) in [5, 5.41) is 9.34. The van der Waals surface area contributed by atoms with Crippen molar-refractivity contribution in [3.8, 4) is 0 Å². The smallest absolute Gasteiger partial charge is 0.234 e. The first-order valence-corrected chi connectivity index (χ1v) is 9.63. The van der Waals surface area contributed by atoms with Crippen LogP contribution in [0.15, 0.2) is 24.3 Å². The third kappa shape index (κ3) is 3.87. The maximum atomic E-state index is 12.9. The topological polar surface area (TPSA) is 58.4 Å². The van der Waals surface area contributed by atoms with E-state index in [-0.39, 0.29) is 18.4 Å². The number of carbonyl (C=O) groups is 1. The minimum Gasteiger partial charge on any atom is -0.396 e. The van der Waals surface area contributed by atoms with Gasteiger partial charge >= 0.3 is 0 Å². The minimum atomic E-state index is -0.157. The summed E-state index contributed by atoms with van der Waals surface area (Å²) < 4.78 is 2.15. The maximum Gasteiger partial charge on any atom is 0.234 e. The number of fused-ring (bicyclic) bond motifs is 3. The molecule has 1 aromatic heterocycles. The van der Waals surface area contributed by atoms with Crippen molar-refractivity contribution < 1.29 is 9.90 Å². The van der Waals surface area contributed by atoms with Crippen molar-refractivity contribution in [3.63, 3.8) is 0 Å². The van der Waals surface area contributed by atoms with E-state index >= 15 is 0 Å². The molecule has 1 unspecified atom stereocenters. The van der Waals surface area contributed by atoms with E-state index in [1.165, 1.54) is 25.7 Å². The maximum absolute atomic E-state index is 12.9. The predicted molar refractivity (Wildman–Crippen MR) is 101 cm³/mol. The number of nitrogens with zero attached hydrogens (tertiary/aromatic N) is 3. The Bertz CT molecular complexity index is 710. The fourth-order valence-electron chi connectivity index (χ4n) is 3.70. The largest absolute Gasteiger partial charge is 0.396 e. The molecule has 0 saturated carbocycles. The fraction of sp³-hybridized carbons (Fsp3) is 0.600. The number of unbranched alkanes of at least 4 members (excludes halogenated alkanes) is 5. The van der Waals surface area contributed by atoms with E-state index in [4.69, 9.17) is 4.98 Å². The number of imidazole rings is 1. The lowest BCUT2D eigenvalue weighted by Crippen LogP contribution is -2.44. The van der Waals surface area contributed by atoms with E-state index in [9.17, 15) is 9.90 Å². The van der Waals surface area contributed by atoms with Crippen molar-refractivity contribution in [3.05, 3.63) is 24.3 Å². The van der Waals surface area contributed by atoms with Gasteiger partial charge in [-0.25, -0.2) is 4.98 Å². The molecule has 1 aliphatic rings. The summed E-state index contributed by atoms with van der Waals surface area (Å²) in [6.07, 6.45) is 7.70. The lowest BCUT2D eigenvalue weighted by Gasteiger charge is -2.32. The molecule has 136 valence electrons. The van der Waals surface area contributed by atoms with Gasteiger partial charge in [-0.05, 0) is 25.0 Å². The van der Waals surface area contributed by atoms with Crippen molar-refractivity contribution in [1.82, 2.24) is 9.55 Å². The number of carbonyl (C=O) groups excluding carboxylic acids is 1. The zero-order valence-corrected chi connectivity index (χ0v) is 15.2. The van der Waals surface area contributed by atoms with Gasteiger partial charge in [-0.3, -0.25) is 9.69 Å². The van der Waals surface area contributed by atoms with Gasteiger partial charge in [0.25, 0.3) is 0 Å². The summed E-state index contributed by atoms with van der Waals surface area (Å²) in [5.41, 5.74) is 2.00. The van der Waals surface area contributed by atoms with E-state index in [1.54, 1.807) is 0 Å². The second-order valence-electron chi connectivity index (χ2n) is 6.98. The summed E-state index contributed by atoms with van der Waals surface area (Å²) in [6.45, 7) is 3.60. The molecule has 0 fully saturated rings. The van der Waals surface area contributed by atoms with Crippen molar-refractivity contribution in [2.45, 2.75) is 58.4 Å². The van der Waals surface area contributed by atoms with Gasteiger partial charge < -0.3 is 9.67 Å². The molecule has 2 heterocycles. The van der Waals surface area contributed by atoms with Gasteiger partial charge in [-0.1, -0.05) is 51.2 Å². The van der Waals surface area contributed by atoms with E-state index in [0.29, 0.717) is 13.0 Å². The Morgan fingerprint density at radius 3 is 2.72 bits per heavy atom. The van der Waals surface area contributed by atoms with Crippen LogP contribution in [-0.2, 0) is 11.3 Å². The van der Waals surface area contributed by atoms with Crippen LogP contribution >= 0.6 is 0 Å². The number of amides is 1. The number of aromatic nitrogens is 2. The number of aliphatic hydroxyl groups is 1. The minimum absolute atomic E-state index is 0.0449. The number of para-hydroxylation sites is 2. The van der Waals surface area contributed by atoms with Gasteiger partial charge in [0, 0.05) is 19.7 Å². The molecule has 0 saturated heterocycles. The molecule has 5 heteroatoms. The number of aliphatic hydroxyl groups excluding tert-OH is 1. The van der Waals surface area contributed by atoms with Crippen molar-refractivity contribution in [2.75, 3.05) is 18.1 Å². The van der Waals surface area contributed by atoms with Crippen molar-refractivity contribution in [1.29, 1.82) is 0 Å². The molecular formula is C20H29N3O2. The molecule has 2 aromatic rings. The molecular weight excluding hydrogens is 314 g/mol. The van der Waals surface area contributed by atoms with E-state index in [2.05, 4.69) is 17.6 Å². The average molecular weight is 343 g/mol. The molecule has 0 spiro atoms. The highest BCUT2D eigenvalue weighted by Crippen LogP contribution is 2.31. The molecule has 0 bridgehead atoms. The van der Waals surface area contributed by atoms with E-state index in [1.807, 2.05) is 23.1 Å². The average Bonchev–Trinajstić information content (AvgIpc) is 2.99. The Hall–Kier alpha value is -1.88. The number of rotatable bonds is 9. The molecule has 1 aliphatic heterocycles. The van der Waals surface area contributed by atoms with Gasteiger partial charge in [-0.15, -0.1) is 0 Å². The summed E-state index contributed by atoms with van der Waals surface area (Å²) in [7, 11) is 0. The lowest BCUT2D eigenvalue weighted by atomic mass is 10.0. The van der Waals surface area contributed by atoms with E-state index in [0.717, 1.165) is 36.4 Å². The number of anilines is 1. The highest BCUT2D eigenvalue weighted by atomic mass is 16.3. The Kier molecular flexibility index (Phi) is 6.08. The standard InChI is InChI=1S/C20H29N3O2/c1-2-3-4-5-6-9-13-22-19(25)16(12-14-24)15-23-18-11-8-7-10-17(18)21-20(22)23/h7-8,10-11,16,24H,2-6,9,12-15H2,1H3. The molecule has 1 atom stereocenters. The predicted octanol–water partition coefficient (Wildman–Crippen LogP) is 3.74. The molecule has 3 rings (SSSR count). The van der Waals surface area contributed by atoms with Crippen LogP contribution in [0.2, 0.25) is 0 Å². The third-order valence-electron chi connectivity index (χ3n) is 5.11. The molecule has 1 amide bonds. The first-order valence-electron chi connectivity index (χ1n) is 9.63. The van der Waals surface area contributed by atoms with Crippen LogP contribution in [0.5, 0.6) is 0 Å². The van der Waals surface area contributed by atoms with Crippen molar-refractivity contribution in [2.24, 2.45) is 5.92 Å². The van der Waals surface area contributed by atoms with Gasteiger partial charge in [0.2, 0.25) is 11.9 Å². The Morgan fingerprint density at radius 1 is 1.16 bits per heavy atom. The Labute approximate surface area is 149 Å².